The van der Waals surface area contributed by atoms with Crippen molar-refractivity contribution in [1.29, 1.82) is 0 Å². The fourth-order valence-electron chi connectivity index (χ4n) is 2.33. The number of rotatable bonds is 1. The zero-order chi connectivity index (χ0) is 13.4. The highest BCUT2D eigenvalue weighted by molar-refractivity contribution is 5.92. The van der Waals surface area contributed by atoms with Crippen LogP contribution in [0.15, 0.2) is 42.5 Å². The van der Waals surface area contributed by atoms with Crippen LogP contribution in [0.1, 0.15) is 11.1 Å². The average Bonchev–Trinajstić information content (AvgIpc) is 2.39. The second-order valence-corrected chi connectivity index (χ2v) is 4.72. The van der Waals surface area contributed by atoms with Crippen LogP contribution in [-0.4, -0.2) is 9.97 Å². The Labute approximate surface area is 112 Å². The van der Waals surface area contributed by atoms with E-state index in [0.717, 1.165) is 27.6 Å². The Balaban J connectivity index is 2.31. The Morgan fingerprint density at radius 3 is 2.37 bits per heavy atom. The molecule has 0 unspecified atom stereocenters. The maximum atomic E-state index is 6.09. The SMILES string of the molecule is Cc1ccccc1-c1nc(N)c2c(C)cccc2n1. The molecule has 0 bridgehead atoms. The summed E-state index contributed by atoms with van der Waals surface area (Å²) in [5.74, 6) is 1.23. The molecule has 0 atom stereocenters. The van der Waals surface area contributed by atoms with E-state index in [2.05, 4.69) is 23.0 Å². The van der Waals surface area contributed by atoms with E-state index in [1.807, 2.05) is 43.3 Å². The number of aromatic nitrogens is 2. The third-order valence-electron chi connectivity index (χ3n) is 3.35. The van der Waals surface area contributed by atoms with E-state index < -0.39 is 0 Å². The molecule has 0 radical (unpaired) electrons. The van der Waals surface area contributed by atoms with Crippen molar-refractivity contribution in [2.24, 2.45) is 0 Å². The summed E-state index contributed by atoms with van der Waals surface area (Å²) in [6, 6.07) is 14.1. The smallest absolute Gasteiger partial charge is 0.162 e. The van der Waals surface area contributed by atoms with E-state index in [4.69, 9.17) is 5.73 Å². The number of nitrogens with two attached hydrogens (primary N) is 1. The minimum absolute atomic E-state index is 0.543. The number of hydrogen-bond donors (Lipinski definition) is 1. The summed E-state index contributed by atoms with van der Waals surface area (Å²) in [6.45, 7) is 4.07. The Hall–Kier alpha value is -2.42. The van der Waals surface area contributed by atoms with Crippen molar-refractivity contribution in [2.75, 3.05) is 5.73 Å². The number of benzene rings is 2. The molecule has 0 spiro atoms. The zero-order valence-electron chi connectivity index (χ0n) is 11.0. The van der Waals surface area contributed by atoms with Crippen LogP contribution in [0.2, 0.25) is 0 Å². The van der Waals surface area contributed by atoms with Crippen LogP contribution in [0.4, 0.5) is 5.82 Å². The van der Waals surface area contributed by atoms with Crippen molar-refractivity contribution in [3.05, 3.63) is 53.6 Å². The number of anilines is 1. The highest BCUT2D eigenvalue weighted by atomic mass is 14.9. The minimum atomic E-state index is 0.543. The van der Waals surface area contributed by atoms with Gasteiger partial charge in [-0.15, -0.1) is 0 Å². The number of nitrogens with zero attached hydrogens (tertiary/aromatic N) is 2. The molecule has 19 heavy (non-hydrogen) atoms. The third-order valence-corrected chi connectivity index (χ3v) is 3.35. The Bertz CT molecular complexity index is 763. The minimum Gasteiger partial charge on any atom is -0.383 e. The highest BCUT2D eigenvalue weighted by Gasteiger charge is 2.10. The van der Waals surface area contributed by atoms with Gasteiger partial charge in [0.25, 0.3) is 0 Å². The van der Waals surface area contributed by atoms with Gasteiger partial charge in [-0.1, -0.05) is 36.4 Å². The quantitative estimate of drug-likeness (QED) is 0.718. The molecule has 0 saturated carbocycles. The molecule has 0 amide bonds. The van der Waals surface area contributed by atoms with Crippen LogP contribution in [0.25, 0.3) is 22.3 Å². The van der Waals surface area contributed by atoms with E-state index in [1.54, 1.807) is 0 Å². The third kappa shape index (κ3) is 1.93. The maximum Gasteiger partial charge on any atom is 0.162 e. The zero-order valence-corrected chi connectivity index (χ0v) is 11.0. The van der Waals surface area contributed by atoms with Crippen molar-refractivity contribution >= 4 is 16.7 Å². The Kier molecular flexibility index (Phi) is 2.67. The molecule has 0 saturated heterocycles. The number of aryl methyl sites for hydroxylation is 2. The predicted octanol–water partition coefficient (Wildman–Crippen LogP) is 3.50. The molecule has 0 aliphatic rings. The van der Waals surface area contributed by atoms with E-state index >= 15 is 0 Å². The second kappa shape index (κ2) is 4.35. The van der Waals surface area contributed by atoms with Crippen molar-refractivity contribution in [2.45, 2.75) is 13.8 Å². The molecule has 2 aromatic carbocycles. The summed E-state index contributed by atoms with van der Waals surface area (Å²) in [6.07, 6.45) is 0. The predicted molar refractivity (Wildman–Crippen MR) is 78.9 cm³/mol. The fraction of sp³-hybridized carbons (Fsp3) is 0.125. The van der Waals surface area contributed by atoms with Crippen LogP contribution in [0.5, 0.6) is 0 Å². The number of fused-ring (bicyclic) bond motifs is 1. The van der Waals surface area contributed by atoms with Gasteiger partial charge < -0.3 is 5.73 Å². The topological polar surface area (TPSA) is 51.8 Å². The largest absolute Gasteiger partial charge is 0.383 e. The first-order valence-corrected chi connectivity index (χ1v) is 6.25. The lowest BCUT2D eigenvalue weighted by Gasteiger charge is -2.09. The van der Waals surface area contributed by atoms with Gasteiger partial charge in [0.15, 0.2) is 5.82 Å². The van der Waals surface area contributed by atoms with E-state index in [-0.39, 0.29) is 0 Å². The van der Waals surface area contributed by atoms with Gasteiger partial charge in [-0.2, -0.15) is 0 Å². The van der Waals surface area contributed by atoms with Crippen LogP contribution < -0.4 is 5.73 Å². The van der Waals surface area contributed by atoms with Crippen LogP contribution in [0.3, 0.4) is 0 Å². The molecule has 2 N–H and O–H groups in total. The monoisotopic (exact) mass is 249 g/mol. The summed E-state index contributed by atoms with van der Waals surface area (Å²) in [5.41, 5.74) is 10.3. The summed E-state index contributed by atoms with van der Waals surface area (Å²) >= 11 is 0. The molecule has 1 heterocycles. The molecule has 1 aromatic heterocycles. The Morgan fingerprint density at radius 1 is 0.842 bits per heavy atom. The van der Waals surface area contributed by atoms with Crippen LogP contribution in [-0.2, 0) is 0 Å². The lowest BCUT2D eigenvalue weighted by Crippen LogP contribution is -1.99. The molecular formula is C16H15N3. The van der Waals surface area contributed by atoms with Gasteiger partial charge in [-0.25, -0.2) is 9.97 Å². The molecule has 3 nitrogen and oxygen atoms in total. The van der Waals surface area contributed by atoms with Crippen molar-refractivity contribution in [3.8, 4) is 11.4 Å². The van der Waals surface area contributed by atoms with Crippen molar-refractivity contribution < 1.29 is 0 Å². The standard InChI is InChI=1S/C16H15N3/c1-10-6-3-4-8-12(10)16-18-13-9-5-7-11(2)14(13)15(17)19-16/h3-9H,1-2H3,(H2,17,18,19). The van der Waals surface area contributed by atoms with Gasteiger partial charge >= 0.3 is 0 Å². The van der Waals surface area contributed by atoms with E-state index in [0.29, 0.717) is 11.6 Å². The van der Waals surface area contributed by atoms with Gasteiger partial charge in [0.2, 0.25) is 0 Å². The van der Waals surface area contributed by atoms with Crippen molar-refractivity contribution in [3.63, 3.8) is 0 Å². The first-order valence-electron chi connectivity index (χ1n) is 6.25. The van der Waals surface area contributed by atoms with E-state index in [9.17, 15) is 0 Å². The normalized spacial score (nSPS) is 10.8. The molecule has 0 fully saturated rings. The lowest BCUT2D eigenvalue weighted by molar-refractivity contribution is 1.22. The molecule has 3 aromatic rings. The van der Waals surface area contributed by atoms with Crippen LogP contribution >= 0.6 is 0 Å². The molecule has 3 rings (SSSR count). The van der Waals surface area contributed by atoms with Gasteiger partial charge in [0.05, 0.1) is 5.52 Å². The molecular weight excluding hydrogens is 234 g/mol. The molecule has 3 heteroatoms. The van der Waals surface area contributed by atoms with Crippen LogP contribution in [0, 0.1) is 13.8 Å². The second-order valence-electron chi connectivity index (χ2n) is 4.72. The molecule has 0 aliphatic heterocycles. The summed E-state index contributed by atoms with van der Waals surface area (Å²) in [7, 11) is 0. The maximum absolute atomic E-state index is 6.09. The van der Waals surface area contributed by atoms with Gasteiger partial charge in [-0.05, 0) is 31.0 Å². The fourth-order valence-corrected chi connectivity index (χ4v) is 2.33. The number of nitrogen functional groups attached to an aromatic ring is 1. The summed E-state index contributed by atoms with van der Waals surface area (Å²) in [4.78, 5) is 9.10. The van der Waals surface area contributed by atoms with Gasteiger partial charge in [-0.3, -0.25) is 0 Å². The first kappa shape index (κ1) is 11.7. The van der Waals surface area contributed by atoms with Gasteiger partial charge in [0.1, 0.15) is 5.82 Å². The lowest BCUT2D eigenvalue weighted by atomic mass is 10.1. The summed E-state index contributed by atoms with van der Waals surface area (Å²) < 4.78 is 0. The molecule has 94 valence electrons. The highest BCUT2D eigenvalue weighted by Crippen LogP contribution is 2.26. The summed E-state index contributed by atoms with van der Waals surface area (Å²) in [5, 5.41) is 0.944. The van der Waals surface area contributed by atoms with E-state index in [1.165, 1.54) is 0 Å². The number of hydrogen-bond acceptors (Lipinski definition) is 3. The molecule has 0 aliphatic carbocycles. The first-order chi connectivity index (χ1) is 9.16. The van der Waals surface area contributed by atoms with Gasteiger partial charge in [0, 0.05) is 10.9 Å². The average molecular weight is 249 g/mol. The van der Waals surface area contributed by atoms with Crippen molar-refractivity contribution in [1.82, 2.24) is 9.97 Å². The Morgan fingerprint density at radius 2 is 1.58 bits per heavy atom.